The van der Waals surface area contributed by atoms with Crippen LogP contribution in [0.1, 0.15) is 39.5 Å². The first-order valence-corrected chi connectivity index (χ1v) is 16.0. The lowest BCUT2D eigenvalue weighted by Crippen LogP contribution is -2.56. The van der Waals surface area contributed by atoms with Gasteiger partial charge >= 0.3 is 0 Å². The molecule has 0 saturated carbocycles. The second kappa shape index (κ2) is 13.4. The lowest BCUT2D eigenvalue weighted by Gasteiger charge is -2.37. The fourth-order valence-corrected chi connectivity index (χ4v) is 7.86. The van der Waals surface area contributed by atoms with Crippen molar-refractivity contribution >= 4 is 40.7 Å². The maximum Gasteiger partial charge on any atom is 0.253 e. The summed E-state index contributed by atoms with van der Waals surface area (Å²) in [6.45, 7) is 12.5. The number of carbonyl (C=O) groups is 3. The van der Waals surface area contributed by atoms with Gasteiger partial charge in [-0.25, -0.2) is 0 Å². The molecule has 3 amide bonds. The zero-order chi connectivity index (χ0) is 32.4. The Bertz CT molecular complexity index is 1450. The molecule has 3 aliphatic rings. The van der Waals surface area contributed by atoms with Crippen molar-refractivity contribution in [3.05, 3.63) is 78.9 Å². The van der Waals surface area contributed by atoms with E-state index in [0.29, 0.717) is 48.0 Å². The Hall–Kier alpha value is -3.66. The molecule has 3 saturated heterocycles. The van der Waals surface area contributed by atoms with Gasteiger partial charge in [-0.15, -0.1) is 13.2 Å². The summed E-state index contributed by atoms with van der Waals surface area (Å²) >= 11 is 6.56. The van der Waals surface area contributed by atoms with Gasteiger partial charge in [0.2, 0.25) is 11.8 Å². The summed E-state index contributed by atoms with van der Waals surface area (Å²) < 4.78 is 12.6. The van der Waals surface area contributed by atoms with Crippen molar-refractivity contribution in [2.75, 3.05) is 42.6 Å². The highest BCUT2D eigenvalue weighted by molar-refractivity contribution is 6.34. The van der Waals surface area contributed by atoms with Crippen LogP contribution < -0.4 is 14.5 Å². The molecule has 0 radical (unpaired) electrons. The Morgan fingerprint density at radius 2 is 1.76 bits per heavy atom. The van der Waals surface area contributed by atoms with Crippen LogP contribution in [0.25, 0.3) is 0 Å². The number of anilines is 2. The van der Waals surface area contributed by atoms with E-state index in [1.807, 2.05) is 38.1 Å². The maximum atomic E-state index is 14.7. The third kappa shape index (κ3) is 5.45. The summed E-state index contributed by atoms with van der Waals surface area (Å²) in [4.78, 5) is 48.6. The van der Waals surface area contributed by atoms with Crippen LogP contribution in [0.5, 0.6) is 5.75 Å². The van der Waals surface area contributed by atoms with Gasteiger partial charge in [0.1, 0.15) is 17.4 Å². The summed E-state index contributed by atoms with van der Waals surface area (Å²) in [5, 5.41) is 10.1. The average Bonchev–Trinajstić information content (AvgIpc) is 3.65. The number of para-hydroxylation sites is 1. The van der Waals surface area contributed by atoms with E-state index < -0.39 is 29.1 Å². The van der Waals surface area contributed by atoms with Crippen LogP contribution in [0.15, 0.2) is 73.8 Å². The van der Waals surface area contributed by atoms with Gasteiger partial charge in [-0.05, 0) is 69.0 Å². The van der Waals surface area contributed by atoms with E-state index in [1.165, 1.54) is 9.80 Å². The Kier molecular flexibility index (Phi) is 9.72. The van der Waals surface area contributed by atoms with Crippen molar-refractivity contribution in [1.29, 1.82) is 0 Å². The number of aliphatic hydroxyl groups is 1. The van der Waals surface area contributed by atoms with Gasteiger partial charge in [0.15, 0.2) is 0 Å². The second-order valence-corrected chi connectivity index (χ2v) is 12.2. The molecule has 0 aromatic heterocycles. The van der Waals surface area contributed by atoms with Crippen molar-refractivity contribution in [2.45, 2.75) is 56.8 Å². The van der Waals surface area contributed by atoms with E-state index >= 15 is 0 Å². The molecular weight excluding hydrogens is 594 g/mol. The normalized spacial score (nSPS) is 26.4. The highest BCUT2D eigenvalue weighted by Crippen LogP contribution is 2.65. The van der Waals surface area contributed by atoms with Crippen molar-refractivity contribution in [3.63, 3.8) is 0 Å². The lowest BCUT2D eigenvalue weighted by atomic mass is 9.64. The Morgan fingerprint density at radius 1 is 1.07 bits per heavy atom. The first-order valence-electron chi connectivity index (χ1n) is 15.7. The minimum Gasteiger partial charge on any atom is -0.494 e. The number of hydrogen-bond donors (Lipinski definition) is 1. The van der Waals surface area contributed by atoms with Crippen LogP contribution in [0, 0.1) is 11.8 Å². The molecule has 9 nitrogen and oxygen atoms in total. The Balaban J connectivity index is 1.59. The molecule has 3 aliphatic heterocycles. The summed E-state index contributed by atoms with van der Waals surface area (Å²) in [7, 11) is 0. The topological polar surface area (TPSA) is 99.6 Å². The minimum absolute atomic E-state index is 0.146. The first-order chi connectivity index (χ1) is 21.7. The standard InChI is InChI=1S/C35H42ClN3O6/c1-5-20-37(24-14-16-25(17-15-24)44-8-4)31(41)28-29-32(42)39(22-11-23-40)30(35(29)19-18-34(28,7-3)45-35)33(43)38(21-6-2)27-13-10-9-12-26(27)36/h5-6,9-10,12-17,28-30,40H,1-2,7-8,11,18-23H2,3-4H3/t28-,29+,30?,34+,35?/m1/s1. The largest absolute Gasteiger partial charge is 0.494 e. The van der Waals surface area contributed by atoms with Gasteiger partial charge < -0.3 is 29.3 Å². The van der Waals surface area contributed by atoms with E-state index in [0.717, 1.165) is 0 Å². The van der Waals surface area contributed by atoms with Crippen LogP contribution in [-0.4, -0.2) is 77.8 Å². The molecule has 2 aromatic rings. The summed E-state index contributed by atoms with van der Waals surface area (Å²) in [5.41, 5.74) is -0.995. The molecule has 0 aliphatic carbocycles. The van der Waals surface area contributed by atoms with Crippen molar-refractivity contribution in [2.24, 2.45) is 11.8 Å². The first kappa shape index (κ1) is 32.7. The third-order valence-corrected chi connectivity index (χ3v) is 9.82. The summed E-state index contributed by atoms with van der Waals surface area (Å²) in [6.07, 6.45) is 5.02. The van der Waals surface area contributed by atoms with E-state index in [2.05, 4.69) is 13.2 Å². The smallest absolute Gasteiger partial charge is 0.253 e. The zero-order valence-corrected chi connectivity index (χ0v) is 26.7. The van der Waals surface area contributed by atoms with Gasteiger partial charge in [0, 0.05) is 31.9 Å². The molecule has 3 fully saturated rings. The highest BCUT2D eigenvalue weighted by Gasteiger charge is 2.79. The Morgan fingerprint density at radius 3 is 2.38 bits per heavy atom. The summed E-state index contributed by atoms with van der Waals surface area (Å²) in [5.74, 6) is -1.92. The van der Waals surface area contributed by atoms with Crippen LogP contribution in [0.3, 0.4) is 0 Å². The number of aliphatic hydroxyl groups excluding tert-OH is 1. The number of carbonyl (C=O) groups excluding carboxylic acids is 3. The second-order valence-electron chi connectivity index (χ2n) is 11.8. The predicted molar refractivity (Wildman–Crippen MR) is 174 cm³/mol. The number of halogens is 1. The third-order valence-electron chi connectivity index (χ3n) is 9.50. The number of fused-ring (bicyclic) bond motifs is 1. The molecule has 240 valence electrons. The molecule has 1 spiro atoms. The molecule has 2 unspecified atom stereocenters. The van der Waals surface area contributed by atoms with Gasteiger partial charge in [-0.2, -0.15) is 0 Å². The van der Waals surface area contributed by atoms with Crippen LogP contribution in [0.2, 0.25) is 5.02 Å². The average molecular weight is 636 g/mol. The fraction of sp³-hybridized carbons (Fsp3) is 0.457. The number of benzene rings is 2. The highest BCUT2D eigenvalue weighted by atomic mass is 35.5. The molecule has 10 heteroatoms. The van der Waals surface area contributed by atoms with Gasteiger partial charge in [0.25, 0.3) is 5.91 Å². The van der Waals surface area contributed by atoms with Crippen molar-refractivity contribution in [1.82, 2.24) is 4.90 Å². The monoisotopic (exact) mass is 635 g/mol. The number of hydrogen-bond acceptors (Lipinski definition) is 6. The fourth-order valence-electron chi connectivity index (χ4n) is 7.62. The van der Waals surface area contributed by atoms with Crippen LogP contribution >= 0.6 is 11.6 Å². The molecule has 2 aromatic carbocycles. The number of nitrogens with zero attached hydrogens (tertiary/aromatic N) is 3. The SMILES string of the molecule is C=CCN(C(=O)[C@H]1[C@H]2C(=O)N(CCCO)C(C(=O)N(CC=C)c3ccccc3Cl)C23CC[C@]1(CC)O3)c1ccc(OCC)cc1. The number of likely N-dealkylation sites (tertiary alicyclic amines) is 1. The number of rotatable bonds is 14. The number of ether oxygens (including phenoxy) is 2. The Labute approximate surface area is 270 Å². The minimum atomic E-state index is -1.22. The van der Waals surface area contributed by atoms with Gasteiger partial charge in [0.05, 0.1) is 34.8 Å². The number of amides is 3. The molecule has 45 heavy (non-hydrogen) atoms. The maximum absolute atomic E-state index is 14.7. The van der Waals surface area contributed by atoms with Crippen molar-refractivity contribution < 1.29 is 29.0 Å². The van der Waals surface area contributed by atoms with E-state index in [1.54, 1.807) is 41.3 Å². The van der Waals surface area contributed by atoms with Crippen molar-refractivity contribution in [3.8, 4) is 5.75 Å². The van der Waals surface area contributed by atoms with Crippen LogP contribution in [-0.2, 0) is 19.1 Å². The molecule has 3 heterocycles. The molecule has 5 rings (SSSR count). The van der Waals surface area contributed by atoms with E-state index in [4.69, 9.17) is 21.1 Å². The van der Waals surface area contributed by atoms with Crippen LogP contribution in [0.4, 0.5) is 11.4 Å². The molecule has 5 atom stereocenters. The molecule has 2 bridgehead atoms. The van der Waals surface area contributed by atoms with Gasteiger partial charge in [-0.3, -0.25) is 14.4 Å². The molecule has 1 N–H and O–H groups in total. The van der Waals surface area contributed by atoms with Gasteiger partial charge in [-0.1, -0.05) is 42.8 Å². The van der Waals surface area contributed by atoms with E-state index in [9.17, 15) is 19.5 Å². The quantitative estimate of drug-likeness (QED) is 0.293. The summed E-state index contributed by atoms with van der Waals surface area (Å²) in [6, 6.07) is 13.3. The lowest BCUT2D eigenvalue weighted by molar-refractivity contribution is -0.146. The zero-order valence-electron chi connectivity index (χ0n) is 26.0. The van der Waals surface area contributed by atoms with E-state index in [-0.39, 0.29) is 50.4 Å². The predicted octanol–water partition coefficient (Wildman–Crippen LogP) is 5.01. The molecular formula is C35H42ClN3O6.